The molecule has 6 heteroatoms. The molecule has 5 nitrogen and oxygen atoms in total. The Balaban J connectivity index is 1.92. The Morgan fingerprint density at radius 3 is 2.12 bits per heavy atom. The molecule has 130 valence electrons. The zero-order valence-electron chi connectivity index (χ0n) is 14.2. The predicted octanol–water partition coefficient (Wildman–Crippen LogP) is 3.55. The van der Waals surface area contributed by atoms with E-state index >= 15 is 0 Å². The highest BCUT2D eigenvalue weighted by Gasteiger charge is 2.09. The second kappa shape index (κ2) is 8.94. The highest BCUT2D eigenvalue weighted by molar-refractivity contribution is 7.80. The van der Waals surface area contributed by atoms with Crippen LogP contribution in [0.1, 0.15) is 40.1 Å². The fraction of sp³-hybridized carbons (Fsp3) is 0.211. The zero-order valence-corrected chi connectivity index (χ0v) is 15.0. The predicted molar refractivity (Wildman–Crippen MR) is 102 cm³/mol. The summed E-state index contributed by atoms with van der Waals surface area (Å²) in [5.74, 6) is -0.649. The van der Waals surface area contributed by atoms with Gasteiger partial charge in [0.05, 0.1) is 12.2 Å². The summed E-state index contributed by atoms with van der Waals surface area (Å²) in [6.45, 7) is 4.14. The van der Waals surface area contributed by atoms with Gasteiger partial charge in [0.2, 0.25) is 0 Å². The van der Waals surface area contributed by atoms with E-state index in [1.54, 1.807) is 43.3 Å². The standard InChI is InChI=1S/C19H20N2O3S/c1-3-13-5-7-14(8-6-13)17(22)21-19(25)20-16-11-9-15(10-12-16)18(23)24-4-2/h5-12H,3-4H2,1-2H3,(H2,20,21,22,25). The summed E-state index contributed by atoms with van der Waals surface area (Å²) in [4.78, 5) is 23.8. The van der Waals surface area contributed by atoms with Gasteiger partial charge in [-0.2, -0.15) is 0 Å². The van der Waals surface area contributed by atoms with Gasteiger partial charge in [0, 0.05) is 11.3 Å². The van der Waals surface area contributed by atoms with Crippen LogP contribution in [0.3, 0.4) is 0 Å². The molecule has 2 aromatic rings. The number of benzene rings is 2. The average molecular weight is 356 g/mol. The number of carbonyl (C=O) groups is 2. The summed E-state index contributed by atoms with van der Waals surface area (Å²) < 4.78 is 4.92. The summed E-state index contributed by atoms with van der Waals surface area (Å²) >= 11 is 5.15. The summed E-state index contributed by atoms with van der Waals surface area (Å²) in [6, 6.07) is 14.0. The second-order valence-electron chi connectivity index (χ2n) is 5.26. The second-order valence-corrected chi connectivity index (χ2v) is 5.66. The van der Waals surface area contributed by atoms with Crippen LogP contribution < -0.4 is 10.6 Å². The molecule has 0 saturated carbocycles. The number of rotatable bonds is 5. The molecule has 0 saturated heterocycles. The van der Waals surface area contributed by atoms with Crippen molar-refractivity contribution < 1.29 is 14.3 Å². The van der Waals surface area contributed by atoms with Gasteiger partial charge in [0.25, 0.3) is 5.91 Å². The molecule has 0 radical (unpaired) electrons. The van der Waals surface area contributed by atoms with Crippen molar-refractivity contribution in [2.75, 3.05) is 11.9 Å². The Bertz CT molecular complexity index is 755. The van der Waals surface area contributed by atoms with Crippen LogP contribution in [0.2, 0.25) is 0 Å². The number of anilines is 1. The highest BCUT2D eigenvalue weighted by Crippen LogP contribution is 2.11. The molecular weight excluding hydrogens is 336 g/mol. The van der Waals surface area contributed by atoms with E-state index in [1.165, 1.54) is 5.56 Å². The van der Waals surface area contributed by atoms with Crippen LogP contribution in [-0.2, 0) is 11.2 Å². The van der Waals surface area contributed by atoms with E-state index in [-0.39, 0.29) is 17.0 Å². The average Bonchev–Trinajstić information content (AvgIpc) is 2.62. The van der Waals surface area contributed by atoms with Gasteiger partial charge in [-0.1, -0.05) is 19.1 Å². The fourth-order valence-electron chi connectivity index (χ4n) is 2.13. The van der Waals surface area contributed by atoms with Crippen molar-refractivity contribution in [1.29, 1.82) is 0 Å². The molecule has 2 rings (SSSR count). The molecule has 0 unspecified atom stereocenters. The first kappa shape index (κ1) is 18.6. The minimum absolute atomic E-state index is 0.188. The molecule has 2 aromatic carbocycles. The maximum Gasteiger partial charge on any atom is 0.338 e. The third-order valence-electron chi connectivity index (χ3n) is 3.51. The van der Waals surface area contributed by atoms with Crippen LogP contribution in [0.15, 0.2) is 48.5 Å². The normalized spacial score (nSPS) is 10.0. The van der Waals surface area contributed by atoms with E-state index in [2.05, 4.69) is 17.6 Å². The maximum atomic E-state index is 12.2. The number of nitrogens with one attached hydrogen (secondary N) is 2. The molecule has 0 fully saturated rings. The fourth-order valence-corrected chi connectivity index (χ4v) is 2.34. The van der Waals surface area contributed by atoms with Crippen molar-refractivity contribution >= 4 is 34.9 Å². The van der Waals surface area contributed by atoms with Gasteiger partial charge >= 0.3 is 5.97 Å². The van der Waals surface area contributed by atoms with E-state index in [0.717, 1.165) is 6.42 Å². The Kier molecular flexibility index (Phi) is 6.65. The lowest BCUT2D eigenvalue weighted by Crippen LogP contribution is -2.34. The Hall–Kier alpha value is -2.73. The number of carbonyl (C=O) groups excluding carboxylic acids is 2. The van der Waals surface area contributed by atoms with E-state index in [1.807, 2.05) is 12.1 Å². The van der Waals surface area contributed by atoms with E-state index < -0.39 is 0 Å². The van der Waals surface area contributed by atoms with Crippen molar-refractivity contribution in [3.8, 4) is 0 Å². The third kappa shape index (κ3) is 5.39. The van der Waals surface area contributed by atoms with Gasteiger partial charge in [0.15, 0.2) is 5.11 Å². The number of hydrogen-bond acceptors (Lipinski definition) is 4. The van der Waals surface area contributed by atoms with Crippen LogP contribution in [0.25, 0.3) is 0 Å². The summed E-state index contributed by atoms with van der Waals surface area (Å²) in [5, 5.41) is 5.73. The molecule has 1 amide bonds. The minimum atomic E-state index is -0.375. The van der Waals surface area contributed by atoms with Crippen LogP contribution in [0.4, 0.5) is 5.69 Å². The van der Waals surface area contributed by atoms with Crippen LogP contribution >= 0.6 is 12.2 Å². The topological polar surface area (TPSA) is 67.4 Å². The highest BCUT2D eigenvalue weighted by atomic mass is 32.1. The molecule has 2 N–H and O–H groups in total. The quantitative estimate of drug-likeness (QED) is 0.633. The zero-order chi connectivity index (χ0) is 18.2. The largest absolute Gasteiger partial charge is 0.462 e. The summed E-state index contributed by atoms with van der Waals surface area (Å²) in [7, 11) is 0. The number of aryl methyl sites for hydroxylation is 1. The molecule has 0 bridgehead atoms. The SMILES string of the molecule is CCOC(=O)c1ccc(NC(=S)NC(=O)c2ccc(CC)cc2)cc1. The number of esters is 1. The molecule has 0 aliphatic rings. The molecule has 0 aliphatic heterocycles. The van der Waals surface area contributed by atoms with Gasteiger partial charge in [-0.3, -0.25) is 10.1 Å². The number of amides is 1. The van der Waals surface area contributed by atoms with Crippen molar-refractivity contribution in [1.82, 2.24) is 5.32 Å². The minimum Gasteiger partial charge on any atom is -0.462 e. The van der Waals surface area contributed by atoms with E-state index in [0.29, 0.717) is 23.4 Å². The van der Waals surface area contributed by atoms with E-state index in [4.69, 9.17) is 17.0 Å². The number of hydrogen-bond donors (Lipinski definition) is 2. The number of ether oxygens (including phenoxy) is 1. The lowest BCUT2D eigenvalue weighted by molar-refractivity contribution is 0.0526. The Morgan fingerprint density at radius 2 is 1.56 bits per heavy atom. The van der Waals surface area contributed by atoms with Gasteiger partial charge in [0.1, 0.15) is 0 Å². The smallest absolute Gasteiger partial charge is 0.338 e. The Morgan fingerprint density at radius 1 is 0.960 bits per heavy atom. The van der Waals surface area contributed by atoms with E-state index in [9.17, 15) is 9.59 Å². The number of thiocarbonyl (C=S) groups is 1. The first-order valence-electron chi connectivity index (χ1n) is 8.02. The molecular formula is C19H20N2O3S. The van der Waals surface area contributed by atoms with Crippen molar-refractivity contribution in [2.45, 2.75) is 20.3 Å². The van der Waals surface area contributed by atoms with Crippen molar-refractivity contribution in [2.24, 2.45) is 0 Å². The van der Waals surface area contributed by atoms with Gasteiger partial charge < -0.3 is 10.1 Å². The van der Waals surface area contributed by atoms with Crippen molar-refractivity contribution in [3.05, 3.63) is 65.2 Å². The first-order valence-corrected chi connectivity index (χ1v) is 8.42. The van der Waals surface area contributed by atoms with Crippen LogP contribution in [0.5, 0.6) is 0 Å². The van der Waals surface area contributed by atoms with Crippen molar-refractivity contribution in [3.63, 3.8) is 0 Å². The molecule has 0 spiro atoms. The third-order valence-corrected chi connectivity index (χ3v) is 3.71. The molecule has 0 atom stereocenters. The Labute approximate surface area is 152 Å². The van der Waals surface area contributed by atoms with Gasteiger partial charge in [-0.15, -0.1) is 0 Å². The lowest BCUT2D eigenvalue weighted by Gasteiger charge is -2.10. The molecule has 0 aromatic heterocycles. The van der Waals surface area contributed by atoms with Gasteiger partial charge in [-0.05, 0) is 67.5 Å². The lowest BCUT2D eigenvalue weighted by atomic mass is 10.1. The van der Waals surface area contributed by atoms with Gasteiger partial charge in [-0.25, -0.2) is 4.79 Å². The summed E-state index contributed by atoms with van der Waals surface area (Å²) in [6.07, 6.45) is 0.920. The summed E-state index contributed by atoms with van der Waals surface area (Å²) in [5.41, 5.74) is 2.83. The maximum absolute atomic E-state index is 12.2. The monoisotopic (exact) mass is 356 g/mol. The van der Waals surface area contributed by atoms with Crippen LogP contribution in [-0.4, -0.2) is 23.6 Å². The first-order chi connectivity index (χ1) is 12.0. The molecule has 0 heterocycles. The molecule has 25 heavy (non-hydrogen) atoms. The molecule has 0 aliphatic carbocycles. The van der Waals surface area contributed by atoms with Crippen LogP contribution in [0, 0.1) is 0 Å².